The summed E-state index contributed by atoms with van der Waals surface area (Å²) in [7, 11) is 2.34. The van der Waals surface area contributed by atoms with Gasteiger partial charge in [0, 0.05) is 12.6 Å². The molecule has 1 saturated heterocycles. The molecule has 2 fully saturated rings. The van der Waals surface area contributed by atoms with Crippen LogP contribution < -0.4 is 5.32 Å². The molecule has 0 amide bonds. The first-order chi connectivity index (χ1) is 7.25. The van der Waals surface area contributed by atoms with E-state index in [0.717, 1.165) is 17.9 Å². The lowest BCUT2D eigenvalue weighted by Crippen LogP contribution is -2.38. The predicted octanol–water partition coefficient (Wildman–Crippen LogP) is 2.53. The van der Waals surface area contributed by atoms with E-state index in [2.05, 4.69) is 24.2 Å². The quantitative estimate of drug-likeness (QED) is 0.824. The van der Waals surface area contributed by atoms with Crippen LogP contribution >= 0.6 is 12.4 Å². The average molecular weight is 247 g/mol. The van der Waals surface area contributed by atoms with Crippen LogP contribution in [-0.4, -0.2) is 37.6 Å². The molecule has 0 aromatic heterocycles. The van der Waals surface area contributed by atoms with Crippen molar-refractivity contribution in [2.75, 3.05) is 26.7 Å². The largest absolute Gasteiger partial charge is 0.317 e. The summed E-state index contributed by atoms with van der Waals surface area (Å²) in [6, 6.07) is 0.884. The fraction of sp³-hybridized carbons (Fsp3) is 1.00. The van der Waals surface area contributed by atoms with Gasteiger partial charge in [0.05, 0.1) is 0 Å². The number of piperidine rings is 1. The first kappa shape index (κ1) is 14.3. The minimum atomic E-state index is 0. The lowest BCUT2D eigenvalue weighted by molar-refractivity contribution is 0.185. The zero-order valence-electron chi connectivity index (χ0n) is 10.7. The molecule has 1 N–H and O–H groups in total. The lowest BCUT2D eigenvalue weighted by atomic mass is 9.97. The highest BCUT2D eigenvalue weighted by atomic mass is 35.5. The molecule has 2 nitrogen and oxygen atoms in total. The van der Waals surface area contributed by atoms with E-state index in [4.69, 9.17) is 0 Å². The van der Waals surface area contributed by atoms with Crippen LogP contribution in [0.2, 0.25) is 0 Å². The van der Waals surface area contributed by atoms with Crippen LogP contribution in [0.25, 0.3) is 0 Å². The van der Waals surface area contributed by atoms with Crippen LogP contribution in [-0.2, 0) is 0 Å². The van der Waals surface area contributed by atoms with Crippen molar-refractivity contribution in [3.05, 3.63) is 0 Å². The van der Waals surface area contributed by atoms with Crippen molar-refractivity contribution in [2.24, 2.45) is 11.8 Å². The molecule has 2 unspecified atom stereocenters. The average Bonchev–Trinajstić information content (AvgIpc) is 2.66. The van der Waals surface area contributed by atoms with Gasteiger partial charge in [0.2, 0.25) is 0 Å². The molecular formula is C13H27ClN2. The molecule has 1 aliphatic heterocycles. The van der Waals surface area contributed by atoms with Gasteiger partial charge < -0.3 is 10.2 Å². The number of nitrogens with zero attached hydrogens (tertiary/aromatic N) is 1. The van der Waals surface area contributed by atoms with E-state index in [0.29, 0.717) is 0 Å². The molecule has 3 heteroatoms. The monoisotopic (exact) mass is 246 g/mol. The molecule has 0 aromatic rings. The number of hydrogen-bond donors (Lipinski definition) is 1. The summed E-state index contributed by atoms with van der Waals surface area (Å²) in [5.41, 5.74) is 0. The molecule has 2 rings (SSSR count). The Hall–Kier alpha value is 0.210. The van der Waals surface area contributed by atoms with Gasteiger partial charge >= 0.3 is 0 Å². The van der Waals surface area contributed by atoms with Crippen LogP contribution in [0.5, 0.6) is 0 Å². The summed E-state index contributed by atoms with van der Waals surface area (Å²) < 4.78 is 0. The Kier molecular flexibility index (Phi) is 6.09. The van der Waals surface area contributed by atoms with E-state index < -0.39 is 0 Å². The van der Waals surface area contributed by atoms with Crippen LogP contribution in [0.15, 0.2) is 0 Å². The first-order valence-electron chi connectivity index (χ1n) is 6.66. The Balaban J connectivity index is 0.00000128. The van der Waals surface area contributed by atoms with Gasteiger partial charge in [-0.3, -0.25) is 0 Å². The van der Waals surface area contributed by atoms with E-state index in [9.17, 15) is 0 Å². The summed E-state index contributed by atoms with van der Waals surface area (Å²) in [6.07, 6.45) is 7.07. The van der Waals surface area contributed by atoms with Gasteiger partial charge in [0.25, 0.3) is 0 Å². The summed E-state index contributed by atoms with van der Waals surface area (Å²) >= 11 is 0. The molecule has 0 aromatic carbocycles. The van der Waals surface area contributed by atoms with Crippen molar-refractivity contribution in [2.45, 2.75) is 45.1 Å². The van der Waals surface area contributed by atoms with Crippen LogP contribution in [0.1, 0.15) is 39.0 Å². The maximum atomic E-state index is 3.45. The SMILES string of the molecule is CC1CCC(N(C)CC2CCNCC2)C1.Cl. The van der Waals surface area contributed by atoms with Gasteiger partial charge in [-0.1, -0.05) is 6.92 Å². The summed E-state index contributed by atoms with van der Waals surface area (Å²) in [4.78, 5) is 2.64. The second-order valence-electron chi connectivity index (χ2n) is 5.70. The Labute approximate surface area is 107 Å². The first-order valence-corrected chi connectivity index (χ1v) is 6.66. The van der Waals surface area contributed by atoms with E-state index in [1.54, 1.807) is 0 Å². The molecule has 0 radical (unpaired) electrons. The topological polar surface area (TPSA) is 15.3 Å². The van der Waals surface area contributed by atoms with Crippen molar-refractivity contribution in [3.63, 3.8) is 0 Å². The number of nitrogens with one attached hydrogen (secondary N) is 1. The molecule has 16 heavy (non-hydrogen) atoms. The molecule has 2 atom stereocenters. The molecule has 1 aliphatic carbocycles. The van der Waals surface area contributed by atoms with Gasteiger partial charge in [0.15, 0.2) is 0 Å². The standard InChI is InChI=1S/C13H26N2.ClH/c1-11-3-4-13(9-11)15(2)10-12-5-7-14-8-6-12;/h11-14H,3-10H2,1-2H3;1H. The van der Waals surface area contributed by atoms with Gasteiger partial charge in [-0.2, -0.15) is 0 Å². The molecule has 1 saturated carbocycles. The third kappa shape index (κ3) is 3.90. The lowest BCUT2D eigenvalue weighted by Gasteiger charge is -2.31. The fourth-order valence-electron chi connectivity index (χ4n) is 3.20. The van der Waals surface area contributed by atoms with Crippen LogP contribution in [0, 0.1) is 11.8 Å². The van der Waals surface area contributed by atoms with Crippen molar-refractivity contribution in [3.8, 4) is 0 Å². The minimum Gasteiger partial charge on any atom is -0.317 e. The van der Waals surface area contributed by atoms with E-state index in [1.165, 1.54) is 51.7 Å². The number of rotatable bonds is 3. The van der Waals surface area contributed by atoms with Crippen LogP contribution in [0.3, 0.4) is 0 Å². The van der Waals surface area contributed by atoms with E-state index >= 15 is 0 Å². The second kappa shape index (κ2) is 6.83. The maximum absolute atomic E-state index is 3.45. The highest BCUT2D eigenvalue weighted by Gasteiger charge is 2.26. The van der Waals surface area contributed by atoms with Crippen LogP contribution in [0.4, 0.5) is 0 Å². The zero-order chi connectivity index (χ0) is 10.7. The Bertz CT molecular complexity index is 192. The number of halogens is 1. The fourth-order valence-corrected chi connectivity index (χ4v) is 3.20. The minimum absolute atomic E-state index is 0. The molecule has 96 valence electrons. The normalized spacial score (nSPS) is 31.7. The maximum Gasteiger partial charge on any atom is 0.00949 e. The molecular weight excluding hydrogens is 220 g/mol. The molecule has 0 spiro atoms. The third-order valence-electron chi connectivity index (χ3n) is 4.30. The highest BCUT2D eigenvalue weighted by Crippen LogP contribution is 2.29. The highest BCUT2D eigenvalue weighted by molar-refractivity contribution is 5.85. The molecule has 0 bridgehead atoms. The van der Waals surface area contributed by atoms with Gasteiger partial charge in [0.1, 0.15) is 0 Å². The van der Waals surface area contributed by atoms with E-state index in [1.807, 2.05) is 0 Å². The number of hydrogen-bond acceptors (Lipinski definition) is 2. The van der Waals surface area contributed by atoms with Crippen molar-refractivity contribution in [1.29, 1.82) is 0 Å². The summed E-state index contributed by atoms with van der Waals surface area (Å²) in [6.45, 7) is 6.20. The van der Waals surface area contributed by atoms with Gasteiger partial charge in [-0.25, -0.2) is 0 Å². The third-order valence-corrected chi connectivity index (χ3v) is 4.30. The van der Waals surface area contributed by atoms with E-state index in [-0.39, 0.29) is 12.4 Å². The van der Waals surface area contributed by atoms with Crippen molar-refractivity contribution in [1.82, 2.24) is 10.2 Å². The second-order valence-corrected chi connectivity index (χ2v) is 5.70. The molecule has 2 aliphatic rings. The Morgan fingerprint density at radius 2 is 1.81 bits per heavy atom. The molecule has 1 heterocycles. The summed E-state index contributed by atoms with van der Waals surface area (Å²) in [5, 5.41) is 3.45. The Morgan fingerprint density at radius 3 is 2.38 bits per heavy atom. The van der Waals surface area contributed by atoms with Gasteiger partial charge in [-0.05, 0) is 64.1 Å². The smallest absolute Gasteiger partial charge is 0.00949 e. The predicted molar refractivity (Wildman–Crippen MR) is 72.3 cm³/mol. The van der Waals surface area contributed by atoms with Crippen molar-refractivity contribution >= 4 is 12.4 Å². The van der Waals surface area contributed by atoms with Crippen molar-refractivity contribution < 1.29 is 0 Å². The zero-order valence-corrected chi connectivity index (χ0v) is 11.6. The summed E-state index contributed by atoms with van der Waals surface area (Å²) in [5.74, 6) is 1.91. The Morgan fingerprint density at radius 1 is 1.12 bits per heavy atom. The van der Waals surface area contributed by atoms with Gasteiger partial charge in [-0.15, -0.1) is 12.4 Å².